The highest BCUT2D eigenvalue weighted by Crippen LogP contribution is 2.25. The molecule has 136 valence electrons. The summed E-state index contributed by atoms with van der Waals surface area (Å²) in [6.45, 7) is 3.41. The normalized spacial score (nSPS) is 18.3. The van der Waals surface area contributed by atoms with Crippen LogP contribution in [-0.2, 0) is 11.3 Å². The fourth-order valence-corrected chi connectivity index (χ4v) is 4.56. The van der Waals surface area contributed by atoms with Crippen molar-refractivity contribution in [2.45, 2.75) is 17.8 Å². The summed E-state index contributed by atoms with van der Waals surface area (Å²) in [4.78, 5) is 8.05. The number of morpholine rings is 1. The van der Waals surface area contributed by atoms with Crippen LogP contribution in [0.4, 0.5) is 0 Å². The first kappa shape index (κ1) is 18.0. The maximum atomic E-state index is 6.28. The van der Waals surface area contributed by atoms with Crippen molar-refractivity contribution < 1.29 is 4.74 Å². The molecule has 0 saturated carbocycles. The SMILES string of the molecule is Clc1ccccc1CN1CCO[C@H](CSc2n[nH]c(-c3cccs3)n2)C1. The number of rotatable bonds is 6. The summed E-state index contributed by atoms with van der Waals surface area (Å²) >= 11 is 9.57. The Labute approximate surface area is 165 Å². The Morgan fingerprint density at radius 2 is 2.23 bits per heavy atom. The van der Waals surface area contributed by atoms with Gasteiger partial charge in [0.1, 0.15) is 0 Å². The molecule has 1 aromatic carbocycles. The van der Waals surface area contributed by atoms with Gasteiger partial charge in [-0.15, -0.1) is 16.4 Å². The average Bonchev–Trinajstić information content (AvgIpc) is 3.34. The van der Waals surface area contributed by atoms with Crippen molar-refractivity contribution in [3.8, 4) is 10.7 Å². The van der Waals surface area contributed by atoms with Crippen molar-refractivity contribution >= 4 is 34.7 Å². The van der Waals surface area contributed by atoms with Gasteiger partial charge in [-0.1, -0.05) is 47.6 Å². The molecule has 5 nitrogen and oxygen atoms in total. The molecule has 0 bridgehead atoms. The molecule has 0 aliphatic carbocycles. The number of aromatic amines is 1. The van der Waals surface area contributed by atoms with Gasteiger partial charge in [-0.2, -0.15) is 0 Å². The fraction of sp³-hybridized carbons (Fsp3) is 0.333. The predicted molar refractivity (Wildman–Crippen MR) is 107 cm³/mol. The molecule has 26 heavy (non-hydrogen) atoms. The molecular weight excluding hydrogens is 388 g/mol. The summed E-state index contributed by atoms with van der Waals surface area (Å²) in [6.07, 6.45) is 0.167. The lowest BCUT2D eigenvalue weighted by atomic mass is 10.2. The average molecular weight is 407 g/mol. The van der Waals surface area contributed by atoms with E-state index >= 15 is 0 Å². The van der Waals surface area contributed by atoms with Crippen LogP contribution in [0.15, 0.2) is 46.9 Å². The molecule has 0 unspecified atom stereocenters. The quantitative estimate of drug-likeness (QED) is 0.622. The van der Waals surface area contributed by atoms with Gasteiger partial charge in [-0.05, 0) is 23.1 Å². The van der Waals surface area contributed by atoms with Crippen molar-refractivity contribution in [1.82, 2.24) is 20.1 Å². The molecular formula is C18H19ClN4OS2. The van der Waals surface area contributed by atoms with Crippen molar-refractivity contribution in [2.24, 2.45) is 0 Å². The van der Waals surface area contributed by atoms with Gasteiger partial charge in [-0.3, -0.25) is 10.00 Å². The lowest BCUT2D eigenvalue weighted by molar-refractivity contribution is -0.0187. The molecule has 1 atom stereocenters. The van der Waals surface area contributed by atoms with E-state index in [2.05, 4.69) is 26.1 Å². The van der Waals surface area contributed by atoms with Crippen LogP contribution in [-0.4, -0.2) is 51.6 Å². The highest BCUT2D eigenvalue weighted by molar-refractivity contribution is 7.99. The molecule has 0 amide bonds. The second-order valence-corrected chi connectivity index (χ2v) is 8.42. The summed E-state index contributed by atoms with van der Waals surface area (Å²) in [6, 6.07) is 12.1. The molecule has 2 aromatic heterocycles. The van der Waals surface area contributed by atoms with E-state index in [9.17, 15) is 0 Å². The fourth-order valence-electron chi connectivity index (χ4n) is 2.89. The molecule has 1 N–H and O–H groups in total. The Bertz CT molecular complexity index is 839. The summed E-state index contributed by atoms with van der Waals surface area (Å²) in [5.41, 5.74) is 1.16. The third-order valence-electron chi connectivity index (χ3n) is 4.19. The number of nitrogens with zero attached hydrogens (tertiary/aromatic N) is 3. The Balaban J connectivity index is 1.30. The second-order valence-electron chi connectivity index (χ2n) is 6.07. The first-order chi connectivity index (χ1) is 12.8. The Hall–Kier alpha value is -1.38. The van der Waals surface area contributed by atoms with Crippen LogP contribution in [0.25, 0.3) is 10.7 Å². The van der Waals surface area contributed by atoms with Crippen LogP contribution in [0, 0.1) is 0 Å². The van der Waals surface area contributed by atoms with E-state index in [-0.39, 0.29) is 6.10 Å². The number of halogens is 1. The second kappa shape index (κ2) is 8.54. The molecule has 3 aromatic rings. The molecule has 8 heteroatoms. The van der Waals surface area contributed by atoms with Gasteiger partial charge >= 0.3 is 0 Å². The maximum Gasteiger partial charge on any atom is 0.208 e. The van der Waals surface area contributed by atoms with Gasteiger partial charge in [0.15, 0.2) is 5.82 Å². The van der Waals surface area contributed by atoms with E-state index in [1.54, 1.807) is 23.1 Å². The smallest absolute Gasteiger partial charge is 0.208 e. The molecule has 1 aliphatic rings. The lowest BCUT2D eigenvalue weighted by Crippen LogP contribution is -2.43. The number of thiophene rings is 1. The summed E-state index contributed by atoms with van der Waals surface area (Å²) in [5, 5.41) is 10.9. The van der Waals surface area contributed by atoms with Crippen LogP contribution < -0.4 is 0 Å². The summed E-state index contributed by atoms with van der Waals surface area (Å²) in [5.74, 6) is 1.66. The number of nitrogens with one attached hydrogen (secondary N) is 1. The number of benzene rings is 1. The lowest BCUT2D eigenvalue weighted by Gasteiger charge is -2.32. The third kappa shape index (κ3) is 4.47. The predicted octanol–water partition coefficient (Wildman–Crippen LogP) is 4.18. The summed E-state index contributed by atoms with van der Waals surface area (Å²) < 4.78 is 5.92. The van der Waals surface area contributed by atoms with Crippen LogP contribution in [0.2, 0.25) is 5.02 Å². The molecule has 0 radical (unpaired) electrons. The van der Waals surface area contributed by atoms with Crippen molar-refractivity contribution in [1.29, 1.82) is 0 Å². The van der Waals surface area contributed by atoms with Crippen molar-refractivity contribution in [3.05, 3.63) is 52.4 Å². The van der Waals surface area contributed by atoms with Crippen molar-refractivity contribution in [3.63, 3.8) is 0 Å². The van der Waals surface area contributed by atoms with Gasteiger partial charge < -0.3 is 4.74 Å². The monoisotopic (exact) mass is 406 g/mol. The summed E-state index contributed by atoms with van der Waals surface area (Å²) in [7, 11) is 0. The number of hydrogen-bond acceptors (Lipinski definition) is 6. The van der Waals surface area contributed by atoms with Crippen LogP contribution in [0.1, 0.15) is 5.56 Å². The maximum absolute atomic E-state index is 6.28. The zero-order valence-electron chi connectivity index (χ0n) is 14.1. The first-order valence-electron chi connectivity index (χ1n) is 8.44. The Morgan fingerprint density at radius 3 is 3.08 bits per heavy atom. The number of thioether (sulfide) groups is 1. The van der Waals surface area contributed by atoms with E-state index < -0.39 is 0 Å². The topological polar surface area (TPSA) is 54.0 Å². The minimum Gasteiger partial charge on any atom is -0.375 e. The minimum atomic E-state index is 0.167. The Morgan fingerprint density at radius 1 is 1.31 bits per heavy atom. The Kier molecular flexibility index (Phi) is 5.91. The van der Waals surface area contributed by atoms with Crippen LogP contribution in [0.5, 0.6) is 0 Å². The molecule has 1 fully saturated rings. The van der Waals surface area contributed by atoms with Gasteiger partial charge in [0.05, 0.1) is 17.6 Å². The van der Waals surface area contributed by atoms with Gasteiger partial charge in [0.2, 0.25) is 5.16 Å². The molecule has 0 spiro atoms. The van der Waals surface area contributed by atoms with Gasteiger partial charge in [-0.25, -0.2) is 4.98 Å². The standard InChI is InChI=1S/C18H19ClN4OS2/c19-15-5-2-1-4-13(15)10-23-7-8-24-14(11-23)12-26-18-20-17(21-22-18)16-6-3-9-25-16/h1-6,9,14H,7-8,10-12H2,(H,20,21,22)/t14-/m0/s1. The zero-order chi connectivity index (χ0) is 17.8. The third-order valence-corrected chi connectivity index (χ3v) is 6.42. The van der Waals surface area contributed by atoms with Gasteiger partial charge in [0, 0.05) is 30.4 Å². The highest BCUT2D eigenvalue weighted by Gasteiger charge is 2.22. The molecule has 4 rings (SSSR count). The van der Waals surface area contributed by atoms with Crippen LogP contribution >= 0.6 is 34.7 Å². The van der Waals surface area contributed by atoms with Crippen LogP contribution in [0.3, 0.4) is 0 Å². The largest absolute Gasteiger partial charge is 0.375 e. The van der Waals surface area contributed by atoms with E-state index in [1.807, 2.05) is 35.7 Å². The van der Waals surface area contributed by atoms with Crippen molar-refractivity contribution in [2.75, 3.05) is 25.4 Å². The number of H-pyrrole nitrogens is 1. The molecule has 1 saturated heterocycles. The number of ether oxygens (including phenoxy) is 1. The van der Waals surface area contributed by atoms with E-state index in [0.29, 0.717) is 0 Å². The van der Waals surface area contributed by atoms with E-state index in [4.69, 9.17) is 16.3 Å². The minimum absolute atomic E-state index is 0.167. The zero-order valence-corrected chi connectivity index (χ0v) is 16.5. The number of hydrogen-bond donors (Lipinski definition) is 1. The number of aromatic nitrogens is 3. The van der Waals surface area contributed by atoms with E-state index in [1.165, 1.54) is 0 Å². The molecule has 3 heterocycles. The molecule has 1 aliphatic heterocycles. The van der Waals surface area contributed by atoms with Gasteiger partial charge in [0.25, 0.3) is 0 Å². The van der Waals surface area contributed by atoms with E-state index in [0.717, 1.165) is 58.4 Å². The first-order valence-corrected chi connectivity index (χ1v) is 10.7. The highest BCUT2D eigenvalue weighted by atomic mass is 35.5.